The highest BCUT2D eigenvalue weighted by Crippen LogP contribution is 2.56. The molecule has 5 heteroatoms. The Morgan fingerprint density at radius 1 is 0.895 bits per heavy atom. The van der Waals surface area contributed by atoms with Crippen LogP contribution < -0.4 is 4.74 Å². The molecule has 0 spiro atoms. The summed E-state index contributed by atoms with van der Waals surface area (Å²) >= 11 is 6.03. The number of rotatable bonds is 2. The Morgan fingerprint density at radius 3 is 2.39 bits per heavy atom. The second-order valence-corrected chi connectivity index (χ2v) is 12.0. The summed E-state index contributed by atoms with van der Waals surface area (Å²) in [5, 5.41) is 2.76. The van der Waals surface area contributed by atoms with E-state index in [0.29, 0.717) is 33.9 Å². The molecular formula is C33H29ClN2O2. The van der Waals surface area contributed by atoms with Crippen molar-refractivity contribution < 1.29 is 9.53 Å². The van der Waals surface area contributed by atoms with Gasteiger partial charge in [0.1, 0.15) is 11.4 Å². The molecule has 3 unspecified atom stereocenters. The van der Waals surface area contributed by atoms with Crippen LogP contribution in [0.25, 0.3) is 32.8 Å². The predicted molar refractivity (Wildman–Crippen MR) is 153 cm³/mol. The molecule has 2 aliphatic rings. The maximum Gasteiger partial charge on any atom is 0.193 e. The van der Waals surface area contributed by atoms with Crippen molar-refractivity contribution in [3.8, 4) is 5.75 Å². The van der Waals surface area contributed by atoms with Gasteiger partial charge in [-0.3, -0.25) is 4.79 Å². The number of nitrogens with zero attached hydrogens (tertiary/aromatic N) is 2. The highest BCUT2D eigenvalue weighted by atomic mass is 35.5. The maximum atomic E-state index is 13.3. The first-order valence-electron chi connectivity index (χ1n) is 13.5. The topological polar surface area (TPSA) is 52.1 Å². The number of aromatic nitrogens is 2. The fraction of sp³-hybridized carbons (Fsp3) is 0.303. The van der Waals surface area contributed by atoms with Crippen LogP contribution in [-0.4, -0.2) is 21.4 Å². The van der Waals surface area contributed by atoms with Gasteiger partial charge in [0.25, 0.3) is 0 Å². The summed E-state index contributed by atoms with van der Waals surface area (Å²) in [5.74, 6) is 2.32. The Balaban J connectivity index is 1.49. The van der Waals surface area contributed by atoms with Crippen molar-refractivity contribution in [3.05, 3.63) is 88.4 Å². The molecule has 0 saturated heterocycles. The number of ether oxygens (including phenoxy) is 1. The van der Waals surface area contributed by atoms with Crippen molar-refractivity contribution in [1.82, 2.24) is 9.97 Å². The molecule has 4 aromatic carbocycles. The molecule has 1 aliphatic carbocycles. The number of hydrogen-bond acceptors (Lipinski definition) is 4. The average Bonchev–Trinajstić information content (AvgIpc) is 2.91. The lowest BCUT2D eigenvalue weighted by atomic mass is 9.64. The van der Waals surface area contributed by atoms with E-state index in [-0.39, 0.29) is 11.4 Å². The number of carbonyl (C=O) groups is 1. The lowest BCUT2D eigenvalue weighted by molar-refractivity contribution is -0.0115. The highest BCUT2D eigenvalue weighted by molar-refractivity contribution is 6.30. The molecule has 0 N–H and O–H groups in total. The molecule has 7 rings (SSSR count). The largest absolute Gasteiger partial charge is 0.487 e. The molecule has 38 heavy (non-hydrogen) atoms. The van der Waals surface area contributed by atoms with Crippen molar-refractivity contribution >= 4 is 50.2 Å². The Labute approximate surface area is 227 Å². The first-order chi connectivity index (χ1) is 18.3. The van der Waals surface area contributed by atoms with Crippen LogP contribution in [0.5, 0.6) is 5.75 Å². The molecule has 1 aromatic heterocycles. The summed E-state index contributed by atoms with van der Waals surface area (Å²) in [6.07, 6.45) is 3.49. The van der Waals surface area contributed by atoms with E-state index < -0.39 is 0 Å². The number of fused-ring (bicyclic) bond motifs is 9. The van der Waals surface area contributed by atoms with Gasteiger partial charge in [-0.1, -0.05) is 49.2 Å². The van der Waals surface area contributed by atoms with Gasteiger partial charge in [-0.15, -0.1) is 0 Å². The average molecular weight is 521 g/mol. The Kier molecular flexibility index (Phi) is 5.28. The van der Waals surface area contributed by atoms with Crippen LogP contribution in [0.3, 0.4) is 0 Å². The van der Waals surface area contributed by atoms with Gasteiger partial charge in [-0.2, -0.15) is 0 Å². The molecule has 2 heterocycles. The zero-order chi connectivity index (χ0) is 26.2. The number of hydrogen-bond donors (Lipinski definition) is 0. The number of ketones is 1. The van der Waals surface area contributed by atoms with E-state index >= 15 is 0 Å². The second-order valence-electron chi connectivity index (χ2n) is 11.6. The zero-order valence-electron chi connectivity index (χ0n) is 21.8. The summed E-state index contributed by atoms with van der Waals surface area (Å²) in [7, 11) is 0. The third-order valence-corrected chi connectivity index (χ3v) is 8.95. The summed E-state index contributed by atoms with van der Waals surface area (Å²) in [5.41, 5.74) is 5.44. The van der Waals surface area contributed by atoms with Gasteiger partial charge in [0, 0.05) is 38.4 Å². The summed E-state index contributed by atoms with van der Waals surface area (Å²) < 4.78 is 6.85. The lowest BCUT2D eigenvalue weighted by Crippen LogP contribution is -2.46. The fourth-order valence-electron chi connectivity index (χ4n) is 6.80. The van der Waals surface area contributed by atoms with Gasteiger partial charge in [0.05, 0.1) is 22.1 Å². The van der Waals surface area contributed by atoms with E-state index in [2.05, 4.69) is 39.0 Å². The molecule has 0 amide bonds. The lowest BCUT2D eigenvalue weighted by Gasteiger charge is -2.49. The van der Waals surface area contributed by atoms with Crippen LogP contribution in [0.15, 0.2) is 66.7 Å². The summed E-state index contributed by atoms with van der Waals surface area (Å²) in [6, 6.07) is 21.0. The van der Waals surface area contributed by atoms with Crippen LogP contribution in [0.1, 0.15) is 67.4 Å². The minimum absolute atomic E-state index is 0.0581. The van der Waals surface area contributed by atoms with Gasteiger partial charge in [0.2, 0.25) is 0 Å². The molecule has 0 bridgehead atoms. The molecule has 190 valence electrons. The van der Waals surface area contributed by atoms with E-state index in [1.807, 2.05) is 24.3 Å². The smallest absolute Gasteiger partial charge is 0.193 e. The number of benzene rings is 4. The standard InChI is InChI=1S/C33H29ClN2O2/c1-18-8-14-25-24(16-18)28-30-29(22-6-4-5-7-23(22)32(28)38-33(25,2)3)35-26-15-11-20(17-27(26)36-30)31(37)19-9-12-21(34)13-10-19/h4-7,9-13,15,17-18,24-25H,8,14,16H2,1-3H3. The van der Waals surface area contributed by atoms with Crippen LogP contribution in [-0.2, 0) is 0 Å². The SMILES string of the molecule is CC1CCC2C(C1)c1c(c3ccccc3c3nc4ccc(C(=O)c5ccc(Cl)cc5)cc4nc13)OC2(C)C. The molecule has 1 aliphatic heterocycles. The molecule has 4 nitrogen and oxygen atoms in total. The molecule has 1 saturated carbocycles. The fourth-order valence-corrected chi connectivity index (χ4v) is 6.93. The first kappa shape index (κ1) is 23.6. The van der Waals surface area contributed by atoms with E-state index in [9.17, 15) is 4.79 Å². The molecule has 5 aromatic rings. The van der Waals surface area contributed by atoms with Crippen LogP contribution >= 0.6 is 11.6 Å². The Hall–Kier alpha value is -3.50. The predicted octanol–water partition coefficient (Wildman–Crippen LogP) is 8.51. The minimum atomic E-state index is -0.253. The van der Waals surface area contributed by atoms with E-state index in [4.69, 9.17) is 26.3 Å². The molecule has 1 fully saturated rings. The summed E-state index contributed by atoms with van der Waals surface area (Å²) in [4.78, 5) is 23.6. The quantitative estimate of drug-likeness (QED) is 0.133. The van der Waals surface area contributed by atoms with Crippen molar-refractivity contribution in [3.63, 3.8) is 0 Å². The van der Waals surface area contributed by atoms with Crippen molar-refractivity contribution in [2.45, 2.75) is 51.6 Å². The minimum Gasteiger partial charge on any atom is -0.487 e. The first-order valence-corrected chi connectivity index (χ1v) is 13.8. The van der Waals surface area contributed by atoms with E-state index in [0.717, 1.165) is 51.4 Å². The van der Waals surface area contributed by atoms with E-state index in [1.54, 1.807) is 24.3 Å². The van der Waals surface area contributed by atoms with Gasteiger partial charge >= 0.3 is 0 Å². The molecule has 0 radical (unpaired) electrons. The monoisotopic (exact) mass is 520 g/mol. The van der Waals surface area contributed by atoms with Gasteiger partial charge in [0.15, 0.2) is 5.78 Å². The number of halogens is 1. The third kappa shape index (κ3) is 3.61. The third-order valence-electron chi connectivity index (χ3n) is 8.70. The van der Waals surface area contributed by atoms with Crippen molar-refractivity contribution in [2.75, 3.05) is 0 Å². The summed E-state index contributed by atoms with van der Waals surface area (Å²) in [6.45, 7) is 6.84. The second kappa shape index (κ2) is 8.51. The molecule has 3 atom stereocenters. The van der Waals surface area contributed by atoms with Gasteiger partial charge in [-0.05, 0) is 81.0 Å². The number of carbonyl (C=O) groups excluding carboxylic acids is 1. The zero-order valence-corrected chi connectivity index (χ0v) is 22.5. The van der Waals surface area contributed by atoms with Gasteiger partial charge in [-0.25, -0.2) is 9.97 Å². The Morgan fingerprint density at radius 2 is 1.61 bits per heavy atom. The van der Waals surface area contributed by atoms with Crippen LogP contribution in [0.2, 0.25) is 5.02 Å². The van der Waals surface area contributed by atoms with Crippen molar-refractivity contribution in [1.29, 1.82) is 0 Å². The molecular weight excluding hydrogens is 492 g/mol. The highest BCUT2D eigenvalue weighted by Gasteiger charge is 2.47. The Bertz CT molecular complexity index is 1760. The van der Waals surface area contributed by atoms with Gasteiger partial charge < -0.3 is 4.74 Å². The maximum absolute atomic E-state index is 13.3. The van der Waals surface area contributed by atoms with Crippen LogP contribution in [0, 0.1) is 11.8 Å². The van der Waals surface area contributed by atoms with E-state index in [1.165, 1.54) is 12.0 Å². The normalized spacial score (nSPS) is 22.2. The van der Waals surface area contributed by atoms with Crippen molar-refractivity contribution in [2.24, 2.45) is 11.8 Å². The van der Waals surface area contributed by atoms with Crippen LogP contribution in [0.4, 0.5) is 0 Å².